The predicted molar refractivity (Wildman–Crippen MR) is 172 cm³/mol. The summed E-state index contributed by atoms with van der Waals surface area (Å²) in [5, 5.41) is 46.6. The quantitative estimate of drug-likeness (QED) is 0.0423. The number of oxime groups is 1. The standard InChI is InChI=1S/C27H27ClN8O12S2/c1-26(2,22(43)44)48-32-14(11-8-49-24(29)30-11)18(40)31-15-19(41)34-9-27(23(45)46,50-21(15)34)35-6-7-36(25(35)47)33(3)20(42)16(38)10-4-5-12(37)17(39)13(10)28/h4-5,8,15,21,37,39H,6-7,9H2,1-3H3,(H2,29,30)(H,31,40)(H,43,44)(H,45,46)/b32-14-/t15-,21-,27-/m1/s1. The highest BCUT2D eigenvalue weighted by molar-refractivity contribution is 8.02. The number of nitrogens with one attached hydrogen (secondary N) is 1. The number of fused-ring (bicyclic) bond motifs is 1. The maximum atomic E-state index is 13.6. The van der Waals surface area contributed by atoms with E-state index < -0.39 is 97.7 Å². The van der Waals surface area contributed by atoms with Gasteiger partial charge in [-0.15, -0.1) is 11.3 Å². The van der Waals surface area contributed by atoms with Crippen LogP contribution in [0.3, 0.4) is 0 Å². The van der Waals surface area contributed by atoms with Gasteiger partial charge in [0.1, 0.15) is 17.1 Å². The average molecular weight is 755 g/mol. The van der Waals surface area contributed by atoms with E-state index >= 15 is 0 Å². The Labute approximate surface area is 293 Å². The van der Waals surface area contributed by atoms with Gasteiger partial charge in [-0.3, -0.25) is 24.1 Å². The van der Waals surface area contributed by atoms with Crippen LogP contribution in [0.4, 0.5) is 9.93 Å². The maximum absolute atomic E-state index is 13.6. The van der Waals surface area contributed by atoms with Crippen molar-refractivity contribution >= 4 is 87.0 Å². The van der Waals surface area contributed by atoms with Crippen molar-refractivity contribution in [2.45, 2.75) is 35.7 Å². The molecule has 0 saturated carbocycles. The molecule has 266 valence electrons. The Bertz CT molecular complexity index is 1890. The Morgan fingerprint density at radius 1 is 1.18 bits per heavy atom. The third kappa shape index (κ3) is 5.94. The highest BCUT2D eigenvalue weighted by Crippen LogP contribution is 2.49. The van der Waals surface area contributed by atoms with Gasteiger partial charge < -0.3 is 41.2 Å². The van der Waals surface area contributed by atoms with E-state index in [1.54, 1.807) is 0 Å². The van der Waals surface area contributed by atoms with Gasteiger partial charge in [0, 0.05) is 19.0 Å². The van der Waals surface area contributed by atoms with Crippen LogP contribution in [0.1, 0.15) is 29.9 Å². The second kappa shape index (κ2) is 12.8. The number of β-lactam (4-membered cyclic amide) rings is 1. The lowest BCUT2D eigenvalue weighted by atomic mass is 10.1. The SMILES string of the molecule is CN(C(=O)C(=O)c1ccc(O)c(O)c1Cl)N1CCN([C@]2(C(=O)O)CN3C(=O)[C@@H](NC(=O)/C(=N\OC(C)(C)C(=O)O)c4csc(N)n4)[C@H]3S2)C1=O. The molecule has 3 fully saturated rings. The number of carbonyl (C=O) groups excluding carboxylic acids is 5. The predicted octanol–water partition coefficient (Wildman–Crippen LogP) is -0.451. The number of amides is 5. The number of anilines is 1. The number of ketones is 1. The van der Waals surface area contributed by atoms with Crippen LogP contribution >= 0.6 is 34.7 Å². The fourth-order valence-corrected chi connectivity index (χ4v) is 7.49. The van der Waals surface area contributed by atoms with Gasteiger partial charge in [-0.1, -0.05) is 28.5 Å². The molecule has 23 heteroatoms. The van der Waals surface area contributed by atoms with Crippen LogP contribution in [0.15, 0.2) is 22.7 Å². The van der Waals surface area contributed by atoms with E-state index in [2.05, 4.69) is 15.5 Å². The largest absolute Gasteiger partial charge is 0.504 e. The van der Waals surface area contributed by atoms with Crippen LogP contribution in [-0.2, 0) is 28.8 Å². The number of hydrazine groups is 1. The Morgan fingerprint density at radius 2 is 1.86 bits per heavy atom. The number of carbonyl (C=O) groups is 7. The number of aliphatic carboxylic acids is 2. The molecule has 3 saturated heterocycles. The van der Waals surface area contributed by atoms with Crippen LogP contribution in [-0.4, -0.2) is 141 Å². The molecule has 0 radical (unpaired) electrons. The molecular formula is C27H27ClN8O12S2. The lowest BCUT2D eigenvalue weighted by Gasteiger charge is -2.41. The average Bonchev–Trinajstić information content (AvgIpc) is 3.77. The Balaban J connectivity index is 1.33. The number of phenolic OH excluding ortho intramolecular Hbond substituents is 2. The smallest absolute Gasteiger partial charge is 0.350 e. The van der Waals surface area contributed by atoms with Crippen molar-refractivity contribution in [2.75, 3.05) is 32.4 Å². The van der Waals surface area contributed by atoms with E-state index in [0.717, 1.165) is 45.3 Å². The summed E-state index contributed by atoms with van der Waals surface area (Å²) in [7, 11) is 1.09. The van der Waals surface area contributed by atoms with Crippen molar-refractivity contribution in [3.8, 4) is 11.5 Å². The number of Topliss-reactive ketones (excluding diaryl/α,β-unsaturated/α-hetero) is 1. The molecule has 2 aromatic rings. The number of likely N-dealkylation sites (N-methyl/N-ethyl adjacent to an activating group) is 1. The van der Waals surface area contributed by atoms with E-state index in [1.165, 1.54) is 19.2 Å². The van der Waals surface area contributed by atoms with Gasteiger partial charge in [0.05, 0.1) is 23.7 Å². The van der Waals surface area contributed by atoms with Crippen molar-refractivity contribution in [3.05, 3.63) is 33.8 Å². The van der Waals surface area contributed by atoms with Crippen LogP contribution in [0.2, 0.25) is 5.02 Å². The third-order valence-electron chi connectivity index (χ3n) is 7.94. The summed E-state index contributed by atoms with van der Waals surface area (Å²) in [5.41, 5.74) is 2.76. The van der Waals surface area contributed by atoms with Crippen LogP contribution < -0.4 is 11.1 Å². The minimum absolute atomic E-state index is 0.0472. The zero-order valence-electron chi connectivity index (χ0n) is 26.0. The number of rotatable bonds is 11. The number of halogens is 1. The Morgan fingerprint density at radius 3 is 2.46 bits per heavy atom. The summed E-state index contributed by atoms with van der Waals surface area (Å²) in [6.45, 7) is 1.36. The molecule has 0 aliphatic carbocycles. The van der Waals surface area contributed by atoms with Crippen molar-refractivity contribution in [1.29, 1.82) is 0 Å². The zero-order chi connectivity index (χ0) is 37.0. The fraction of sp³-hybridized carbons (Fsp3) is 0.370. The molecule has 1 aromatic carbocycles. The minimum atomic E-state index is -2.08. The highest BCUT2D eigenvalue weighted by Gasteiger charge is 2.66. The maximum Gasteiger partial charge on any atom is 0.350 e. The molecule has 3 aliphatic heterocycles. The topological polar surface area (TPSA) is 286 Å². The van der Waals surface area contributed by atoms with Gasteiger partial charge in [0.25, 0.3) is 11.7 Å². The summed E-state index contributed by atoms with van der Waals surface area (Å²) < 4.78 is 0. The highest BCUT2D eigenvalue weighted by atomic mass is 35.5. The number of hydrogen-bond donors (Lipinski definition) is 6. The number of nitrogen functional groups attached to an aromatic ring is 1. The number of nitrogens with zero attached hydrogens (tertiary/aromatic N) is 6. The number of carboxylic acid groups (broad SMARTS) is 2. The minimum Gasteiger partial charge on any atom is -0.504 e. The molecule has 4 heterocycles. The molecule has 5 rings (SSSR count). The molecule has 7 N–H and O–H groups in total. The molecule has 3 aliphatic rings. The number of carboxylic acids is 2. The molecule has 50 heavy (non-hydrogen) atoms. The number of nitrogens with two attached hydrogens (primary N) is 1. The number of thiazole rings is 1. The van der Waals surface area contributed by atoms with Crippen LogP contribution in [0, 0.1) is 0 Å². The van der Waals surface area contributed by atoms with Crippen molar-refractivity contribution < 1.29 is 58.8 Å². The van der Waals surface area contributed by atoms with Gasteiger partial charge in [-0.2, -0.15) is 0 Å². The normalized spacial score (nSPS) is 21.8. The Kier molecular flexibility index (Phi) is 9.23. The number of urea groups is 1. The number of aromatic hydroxyl groups is 2. The van der Waals surface area contributed by atoms with Gasteiger partial charge in [0.2, 0.25) is 16.4 Å². The summed E-state index contributed by atoms with van der Waals surface area (Å²) >= 11 is 7.55. The van der Waals surface area contributed by atoms with E-state index in [0.29, 0.717) is 16.8 Å². The van der Waals surface area contributed by atoms with Crippen molar-refractivity contribution in [3.63, 3.8) is 0 Å². The molecule has 20 nitrogen and oxygen atoms in total. The van der Waals surface area contributed by atoms with E-state index in [9.17, 15) is 54.0 Å². The van der Waals surface area contributed by atoms with E-state index in [4.69, 9.17) is 22.2 Å². The second-order valence-electron chi connectivity index (χ2n) is 11.4. The second-order valence-corrected chi connectivity index (χ2v) is 14.1. The first-order chi connectivity index (χ1) is 23.3. The summed E-state index contributed by atoms with van der Waals surface area (Å²) in [5.74, 6) is -8.60. The van der Waals surface area contributed by atoms with Crippen molar-refractivity contribution in [2.24, 2.45) is 5.16 Å². The lowest BCUT2D eigenvalue weighted by Crippen LogP contribution is -2.68. The molecular weight excluding hydrogens is 728 g/mol. The van der Waals surface area contributed by atoms with E-state index in [1.807, 2.05) is 0 Å². The monoisotopic (exact) mass is 754 g/mol. The van der Waals surface area contributed by atoms with Gasteiger partial charge in [0.15, 0.2) is 22.3 Å². The molecule has 0 spiro atoms. The first kappa shape index (κ1) is 35.9. The first-order valence-electron chi connectivity index (χ1n) is 14.2. The summed E-state index contributed by atoms with van der Waals surface area (Å²) in [4.78, 5) is 99.4. The zero-order valence-corrected chi connectivity index (χ0v) is 28.4. The summed E-state index contributed by atoms with van der Waals surface area (Å²) in [6, 6.07) is -0.369. The van der Waals surface area contributed by atoms with Crippen LogP contribution in [0.25, 0.3) is 0 Å². The van der Waals surface area contributed by atoms with Crippen molar-refractivity contribution in [1.82, 2.24) is 30.1 Å². The molecule has 0 unspecified atom stereocenters. The fourth-order valence-electron chi connectivity index (χ4n) is 5.06. The Hall–Kier alpha value is -5.35. The molecule has 0 bridgehead atoms. The summed E-state index contributed by atoms with van der Waals surface area (Å²) in [6.07, 6.45) is 0. The molecule has 3 atom stereocenters. The number of aromatic nitrogens is 1. The van der Waals surface area contributed by atoms with Gasteiger partial charge in [-0.05, 0) is 26.0 Å². The number of benzene rings is 1. The first-order valence-corrected chi connectivity index (χ1v) is 16.3. The third-order valence-corrected chi connectivity index (χ3v) is 10.7. The number of thioether (sulfide) groups is 1. The van der Waals surface area contributed by atoms with Gasteiger partial charge >= 0.3 is 23.9 Å². The number of hydrogen-bond acceptors (Lipinski definition) is 15. The van der Waals surface area contributed by atoms with Gasteiger partial charge in [-0.25, -0.2) is 29.4 Å². The number of phenols is 2. The lowest BCUT2D eigenvalue weighted by molar-refractivity contribution is -0.161. The molecule has 1 aromatic heterocycles. The molecule has 5 amide bonds. The van der Waals surface area contributed by atoms with Crippen LogP contribution in [0.5, 0.6) is 11.5 Å². The van der Waals surface area contributed by atoms with E-state index in [-0.39, 0.29) is 23.9 Å².